The zero-order valence-corrected chi connectivity index (χ0v) is 14.0. The van der Waals surface area contributed by atoms with Crippen LogP contribution in [0.15, 0.2) is 23.1 Å². The number of nitrogens with one attached hydrogen (secondary N) is 1. The lowest BCUT2D eigenvalue weighted by Crippen LogP contribution is -2.33. The van der Waals surface area contributed by atoms with Crippen LogP contribution in [0.1, 0.15) is 31.2 Å². The van der Waals surface area contributed by atoms with E-state index in [4.69, 9.17) is 11.6 Å². The fourth-order valence-corrected chi connectivity index (χ4v) is 4.26. The lowest BCUT2D eigenvalue weighted by atomic mass is 10.1. The second-order valence-corrected chi connectivity index (χ2v) is 7.73. The van der Waals surface area contributed by atoms with E-state index in [1.165, 1.54) is 19.3 Å². The van der Waals surface area contributed by atoms with Gasteiger partial charge in [-0.1, -0.05) is 24.1 Å². The molecule has 1 aliphatic rings. The average Bonchev–Trinajstić information content (AvgIpc) is 2.44. The first-order valence-corrected chi connectivity index (χ1v) is 9.33. The van der Waals surface area contributed by atoms with Gasteiger partial charge < -0.3 is 4.90 Å². The maximum atomic E-state index is 12.2. The number of hydrogen-bond acceptors (Lipinski definition) is 3. The summed E-state index contributed by atoms with van der Waals surface area (Å²) in [6.45, 7) is 5.55. The van der Waals surface area contributed by atoms with Gasteiger partial charge in [-0.2, -0.15) is 0 Å². The van der Waals surface area contributed by atoms with Crippen LogP contribution in [0.25, 0.3) is 0 Å². The fraction of sp³-hybridized carbons (Fsp3) is 0.600. The summed E-state index contributed by atoms with van der Waals surface area (Å²) >= 11 is 6.02. The topological polar surface area (TPSA) is 49.4 Å². The van der Waals surface area contributed by atoms with E-state index in [0.29, 0.717) is 6.54 Å². The average molecular weight is 331 g/mol. The van der Waals surface area contributed by atoms with Gasteiger partial charge in [0.1, 0.15) is 4.90 Å². The highest BCUT2D eigenvalue weighted by molar-refractivity contribution is 7.89. The summed E-state index contributed by atoms with van der Waals surface area (Å²) in [6.07, 6.45) is 4.65. The van der Waals surface area contributed by atoms with Gasteiger partial charge in [0.2, 0.25) is 10.0 Å². The molecule has 0 amide bonds. The summed E-state index contributed by atoms with van der Waals surface area (Å²) in [5, 5.41) is 0.276. The minimum atomic E-state index is -3.51. The third-order valence-corrected chi connectivity index (χ3v) is 5.71. The van der Waals surface area contributed by atoms with E-state index < -0.39 is 10.0 Å². The number of nitrogens with zero attached hydrogens (tertiary/aromatic N) is 1. The van der Waals surface area contributed by atoms with Gasteiger partial charge in [0.05, 0.1) is 5.02 Å². The largest absolute Gasteiger partial charge is 0.303 e. The first kappa shape index (κ1) is 16.7. The van der Waals surface area contributed by atoms with E-state index in [1.807, 2.05) is 6.92 Å². The molecule has 1 N–H and O–H groups in total. The summed E-state index contributed by atoms with van der Waals surface area (Å²) in [5.74, 6) is 0. The van der Waals surface area contributed by atoms with E-state index in [1.54, 1.807) is 18.2 Å². The van der Waals surface area contributed by atoms with Crippen molar-refractivity contribution in [1.29, 1.82) is 0 Å². The number of aryl methyl sites for hydroxylation is 1. The molecule has 0 bridgehead atoms. The predicted octanol–water partition coefficient (Wildman–Crippen LogP) is 2.80. The van der Waals surface area contributed by atoms with Gasteiger partial charge >= 0.3 is 0 Å². The second kappa shape index (κ2) is 7.58. The molecule has 0 unspecified atom stereocenters. The Balaban J connectivity index is 1.83. The zero-order valence-electron chi connectivity index (χ0n) is 12.4. The molecule has 0 spiro atoms. The normalized spacial score (nSPS) is 17.0. The molecule has 1 aromatic rings. The van der Waals surface area contributed by atoms with Crippen LogP contribution in [-0.2, 0) is 10.0 Å². The SMILES string of the molecule is Cc1ccc(S(=O)(=O)NCCCN2CCCCC2)c(Cl)c1. The van der Waals surface area contributed by atoms with Crippen LogP contribution in [0.5, 0.6) is 0 Å². The first-order valence-electron chi connectivity index (χ1n) is 7.47. The zero-order chi connectivity index (χ0) is 15.3. The van der Waals surface area contributed by atoms with Crippen LogP contribution >= 0.6 is 11.6 Å². The Morgan fingerprint density at radius 2 is 1.95 bits per heavy atom. The Morgan fingerprint density at radius 3 is 2.62 bits per heavy atom. The third-order valence-electron chi connectivity index (χ3n) is 3.77. The lowest BCUT2D eigenvalue weighted by Gasteiger charge is -2.26. The van der Waals surface area contributed by atoms with Crippen LogP contribution in [0, 0.1) is 6.92 Å². The van der Waals surface area contributed by atoms with Gasteiger partial charge in [0, 0.05) is 6.54 Å². The molecule has 118 valence electrons. The van der Waals surface area contributed by atoms with Crippen molar-refractivity contribution < 1.29 is 8.42 Å². The van der Waals surface area contributed by atoms with Crippen LogP contribution in [-0.4, -0.2) is 39.5 Å². The molecular weight excluding hydrogens is 308 g/mol. The molecule has 0 radical (unpaired) electrons. The van der Waals surface area contributed by atoms with Crippen molar-refractivity contribution in [2.45, 2.75) is 37.5 Å². The van der Waals surface area contributed by atoms with Gasteiger partial charge in [-0.25, -0.2) is 13.1 Å². The molecule has 1 saturated heterocycles. The molecule has 0 aromatic heterocycles. The molecule has 6 heteroatoms. The smallest absolute Gasteiger partial charge is 0.242 e. The number of hydrogen-bond donors (Lipinski definition) is 1. The van der Waals surface area contributed by atoms with E-state index in [2.05, 4.69) is 9.62 Å². The number of halogens is 1. The number of sulfonamides is 1. The molecule has 0 aliphatic carbocycles. The van der Waals surface area contributed by atoms with Crippen molar-refractivity contribution >= 4 is 21.6 Å². The standard InChI is InChI=1S/C15H23ClN2O2S/c1-13-6-7-15(14(16)12-13)21(19,20)17-8-5-11-18-9-3-2-4-10-18/h6-7,12,17H,2-5,8-11H2,1H3. The van der Waals surface area contributed by atoms with Gasteiger partial charge in [0.25, 0.3) is 0 Å². The third kappa shape index (κ3) is 4.95. The number of rotatable bonds is 6. The molecule has 0 atom stereocenters. The Morgan fingerprint density at radius 1 is 1.24 bits per heavy atom. The second-order valence-electron chi connectivity index (χ2n) is 5.59. The molecule has 1 fully saturated rings. The van der Waals surface area contributed by atoms with Crippen molar-refractivity contribution in [3.05, 3.63) is 28.8 Å². The molecular formula is C15H23ClN2O2S. The summed E-state index contributed by atoms with van der Waals surface area (Å²) in [6, 6.07) is 4.99. The van der Waals surface area contributed by atoms with Gasteiger partial charge in [0.15, 0.2) is 0 Å². The van der Waals surface area contributed by atoms with E-state index >= 15 is 0 Å². The predicted molar refractivity (Wildman–Crippen MR) is 86.3 cm³/mol. The molecule has 4 nitrogen and oxygen atoms in total. The summed E-state index contributed by atoms with van der Waals surface area (Å²) in [4.78, 5) is 2.56. The van der Waals surface area contributed by atoms with Crippen LogP contribution in [0.3, 0.4) is 0 Å². The number of benzene rings is 1. The summed E-state index contributed by atoms with van der Waals surface area (Å²) in [7, 11) is -3.51. The maximum absolute atomic E-state index is 12.2. The maximum Gasteiger partial charge on any atom is 0.242 e. The molecule has 2 rings (SSSR count). The van der Waals surface area contributed by atoms with E-state index in [9.17, 15) is 8.42 Å². The highest BCUT2D eigenvalue weighted by Gasteiger charge is 2.17. The van der Waals surface area contributed by atoms with Crippen molar-refractivity contribution in [3.63, 3.8) is 0 Å². The quantitative estimate of drug-likeness (QED) is 0.816. The van der Waals surface area contributed by atoms with Gasteiger partial charge in [-0.3, -0.25) is 0 Å². The van der Waals surface area contributed by atoms with Crippen molar-refractivity contribution in [2.75, 3.05) is 26.2 Å². The van der Waals surface area contributed by atoms with E-state index in [-0.39, 0.29) is 9.92 Å². The lowest BCUT2D eigenvalue weighted by molar-refractivity contribution is 0.227. The van der Waals surface area contributed by atoms with Crippen LogP contribution < -0.4 is 4.72 Å². The van der Waals surface area contributed by atoms with Gasteiger partial charge in [-0.15, -0.1) is 0 Å². The van der Waals surface area contributed by atoms with Crippen molar-refractivity contribution in [3.8, 4) is 0 Å². The summed E-state index contributed by atoms with van der Waals surface area (Å²) < 4.78 is 27.0. The minimum absolute atomic E-state index is 0.160. The first-order chi connectivity index (χ1) is 9.99. The Labute approximate surface area is 132 Å². The Kier molecular flexibility index (Phi) is 6.05. The molecule has 1 aromatic carbocycles. The molecule has 1 heterocycles. The highest BCUT2D eigenvalue weighted by atomic mass is 35.5. The summed E-state index contributed by atoms with van der Waals surface area (Å²) in [5.41, 5.74) is 0.948. The highest BCUT2D eigenvalue weighted by Crippen LogP contribution is 2.22. The monoisotopic (exact) mass is 330 g/mol. The van der Waals surface area contributed by atoms with Gasteiger partial charge in [-0.05, 0) is 63.5 Å². The van der Waals surface area contributed by atoms with E-state index in [0.717, 1.165) is 31.6 Å². The minimum Gasteiger partial charge on any atom is -0.303 e. The molecule has 0 saturated carbocycles. The van der Waals surface area contributed by atoms with Crippen LogP contribution in [0.2, 0.25) is 5.02 Å². The number of piperidine rings is 1. The fourth-order valence-electron chi connectivity index (χ4n) is 2.59. The van der Waals surface area contributed by atoms with Crippen molar-refractivity contribution in [1.82, 2.24) is 9.62 Å². The Bertz CT molecular complexity index is 569. The Hall–Kier alpha value is -0.620. The van der Waals surface area contributed by atoms with Crippen LogP contribution in [0.4, 0.5) is 0 Å². The molecule has 1 aliphatic heterocycles. The number of likely N-dealkylation sites (tertiary alicyclic amines) is 1. The molecule has 21 heavy (non-hydrogen) atoms. The van der Waals surface area contributed by atoms with Crippen molar-refractivity contribution in [2.24, 2.45) is 0 Å².